The van der Waals surface area contributed by atoms with E-state index in [1.807, 2.05) is 0 Å². The van der Waals surface area contributed by atoms with Crippen LogP contribution in [0.25, 0.3) is 0 Å². The lowest BCUT2D eigenvalue weighted by Crippen LogP contribution is -2.65. The van der Waals surface area contributed by atoms with Crippen LogP contribution in [0.5, 0.6) is 0 Å². The molecule has 0 N–H and O–H groups in total. The molecule has 140 valence electrons. The lowest BCUT2D eigenvalue weighted by atomic mass is 9.50. The summed E-state index contributed by atoms with van der Waals surface area (Å²) in [5.74, 6) is 1.38. The molecule has 0 aromatic rings. The Morgan fingerprint density at radius 2 is 2.08 bits per heavy atom. The maximum absolute atomic E-state index is 12.8. The van der Waals surface area contributed by atoms with Crippen molar-refractivity contribution in [2.45, 2.75) is 64.3 Å². The number of carbonyl (C=O) groups is 1. The highest BCUT2D eigenvalue weighted by Gasteiger charge is 2.78. The molecule has 4 aliphatic carbocycles. The number of ether oxygens (including phenoxy) is 1. The zero-order valence-corrected chi connectivity index (χ0v) is 16.4. The Bertz CT molecular complexity index is 781. The van der Waals surface area contributed by atoms with Gasteiger partial charge in [0.1, 0.15) is 0 Å². The second kappa shape index (κ2) is 4.66. The lowest BCUT2D eigenvalue weighted by Gasteiger charge is -2.61. The van der Waals surface area contributed by atoms with E-state index in [0.29, 0.717) is 11.3 Å². The highest BCUT2D eigenvalue weighted by atomic mass is 16.5. The van der Waals surface area contributed by atoms with Gasteiger partial charge in [-0.3, -0.25) is 9.69 Å². The summed E-state index contributed by atoms with van der Waals surface area (Å²) in [7, 11) is 1.59. The molecular weight excluding hydrogens is 322 g/mol. The number of methoxy groups -OCH3 is 1. The van der Waals surface area contributed by atoms with Crippen molar-refractivity contribution >= 4 is 5.97 Å². The Morgan fingerprint density at radius 1 is 1.27 bits per heavy atom. The summed E-state index contributed by atoms with van der Waals surface area (Å²) in [5.41, 5.74) is 5.77. The molecule has 6 rings (SSSR count). The second-order valence-electron chi connectivity index (χ2n) is 10.4. The Kier molecular flexibility index (Phi) is 2.85. The van der Waals surface area contributed by atoms with Crippen molar-refractivity contribution in [2.24, 2.45) is 28.6 Å². The van der Waals surface area contributed by atoms with Crippen LogP contribution in [0, 0.1) is 28.6 Å². The molecule has 0 aromatic heterocycles. The molecule has 2 aliphatic heterocycles. The predicted molar refractivity (Wildman–Crippen MR) is 100 cm³/mol. The van der Waals surface area contributed by atoms with Crippen molar-refractivity contribution in [1.29, 1.82) is 0 Å². The van der Waals surface area contributed by atoms with E-state index in [1.54, 1.807) is 23.8 Å². The zero-order chi connectivity index (χ0) is 17.9. The van der Waals surface area contributed by atoms with Crippen molar-refractivity contribution in [2.75, 3.05) is 20.2 Å². The normalized spacial score (nSPS) is 51.2. The van der Waals surface area contributed by atoms with E-state index in [-0.39, 0.29) is 22.8 Å². The molecule has 1 saturated heterocycles. The molecule has 0 amide bonds. The average molecular weight is 354 g/mol. The van der Waals surface area contributed by atoms with Gasteiger partial charge in [0, 0.05) is 24.0 Å². The van der Waals surface area contributed by atoms with E-state index in [4.69, 9.17) is 4.74 Å². The minimum Gasteiger partial charge on any atom is -0.469 e. The fourth-order valence-corrected chi connectivity index (χ4v) is 9.07. The SMILES string of the molecule is COC(=O)C1CC23C4=C(CCC41)CCC1CN4CC(C)=CC42CCC13C. The molecule has 0 radical (unpaired) electrons. The first-order valence-corrected chi connectivity index (χ1v) is 10.7. The zero-order valence-electron chi connectivity index (χ0n) is 16.4. The maximum atomic E-state index is 12.8. The van der Waals surface area contributed by atoms with Crippen LogP contribution < -0.4 is 0 Å². The van der Waals surface area contributed by atoms with Gasteiger partial charge in [-0.15, -0.1) is 0 Å². The number of piperidine rings is 1. The molecule has 6 aliphatic rings. The highest BCUT2D eigenvalue weighted by Crippen LogP contribution is 2.80. The smallest absolute Gasteiger partial charge is 0.309 e. The van der Waals surface area contributed by atoms with Crippen LogP contribution in [0.15, 0.2) is 22.8 Å². The quantitative estimate of drug-likeness (QED) is 0.525. The van der Waals surface area contributed by atoms with Crippen molar-refractivity contribution in [3.63, 3.8) is 0 Å². The number of hydrogen-bond donors (Lipinski definition) is 0. The summed E-state index contributed by atoms with van der Waals surface area (Å²) >= 11 is 0. The predicted octanol–water partition coefficient (Wildman–Crippen LogP) is 4.10. The molecule has 3 fully saturated rings. The van der Waals surface area contributed by atoms with E-state index in [0.717, 1.165) is 18.9 Å². The van der Waals surface area contributed by atoms with Crippen molar-refractivity contribution in [3.8, 4) is 0 Å². The number of esters is 1. The molecule has 26 heavy (non-hydrogen) atoms. The van der Waals surface area contributed by atoms with Gasteiger partial charge in [-0.1, -0.05) is 29.7 Å². The van der Waals surface area contributed by atoms with Gasteiger partial charge in [-0.2, -0.15) is 0 Å². The first-order valence-electron chi connectivity index (χ1n) is 10.7. The van der Waals surface area contributed by atoms with Gasteiger partial charge in [-0.05, 0) is 69.1 Å². The van der Waals surface area contributed by atoms with Crippen LogP contribution in [-0.2, 0) is 9.53 Å². The standard InChI is InChI=1S/C23H31NO2/c1-14-10-22-9-8-21(2)16(13-24(22)12-14)6-4-15-5-7-17-18(20(25)26-3)11-23(21,22)19(15)17/h10,16-18H,4-9,11-13H2,1-3H3. The Morgan fingerprint density at radius 3 is 2.88 bits per heavy atom. The van der Waals surface area contributed by atoms with E-state index in [1.165, 1.54) is 45.1 Å². The van der Waals surface area contributed by atoms with Gasteiger partial charge in [0.25, 0.3) is 0 Å². The van der Waals surface area contributed by atoms with E-state index in [2.05, 4.69) is 24.8 Å². The minimum atomic E-state index is 0.0537. The summed E-state index contributed by atoms with van der Waals surface area (Å²) in [5, 5.41) is 0. The highest BCUT2D eigenvalue weighted by molar-refractivity contribution is 5.75. The monoisotopic (exact) mass is 353 g/mol. The van der Waals surface area contributed by atoms with Crippen LogP contribution in [0.2, 0.25) is 0 Å². The molecular formula is C23H31NO2. The Labute approximate surface area is 156 Å². The summed E-state index contributed by atoms with van der Waals surface area (Å²) in [6.07, 6.45) is 11.4. The van der Waals surface area contributed by atoms with Crippen molar-refractivity contribution in [1.82, 2.24) is 4.90 Å². The molecule has 2 saturated carbocycles. The molecule has 3 nitrogen and oxygen atoms in total. The van der Waals surface area contributed by atoms with Gasteiger partial charge in [-0.25, -0.2) is 0 Å². The van der Waals surface area contributed by atoms with Crippen LogP contribution >= 0.6 is 0 Å². The number of hydrogen-bond acceptors (Lipinski definition) is 3. The van der Waals surface area contributed by atoms with E-state index >= 15 is 0 Å². The van der Waals surface area contributed by atoms with Gasteiger partial charge < -0.3 is 4.74 Å². The fraction of sp³-hybridized carbons (Fsp3) is 0.783. The van der Waals surface area contributed by atoms with Gasteiger partial charge in [0.15, 0.2) is 0 Å². The van der Waals surface area contributed by atoms with Gasteiger partial charge in [0.2, 0.25) is 0 Å². The maximum Gasteiger partial charge on any atom is 0.309 e. The van der Waals surface area contributed by atoms with Crippen LogP contribution in [0.1, 0.15) is 58.8 Å². The van der Waals surface area contributed by atoms with Crippen molar-refractivity contribution in [3.05, 3.63) is 22.8 Å². The lowest BCUT2D eigenvalue weighted by molar-refractivity contribution is -0.148. The molecule has 0 aromatic carbocycles. The van der Waals surface area contributed by atoms with E-state index in [9.17, 15) is 4.79 Å². The van der Waals surface area contributed by atoms with E-state index < -0.39 is 0 Å². The number of allylic oxidation sites excluding steroid dienone is 1. The molecule has 6 unspecified atom stereocenters. The molecule has 3 heteroatoms. The third kappa shape index (κ3) is 1.42. The molecule has 4 bridgehead atoms. The minimum absolute atomic E-state index is 0.0537. The summed E-state index contributed by atoms with van der Waals surface area (Å²) in [6, 6.07) is 0. The summed E-state index contributed by atoms with van der Waals surface area (Å²) < 4.78 is 5.32. The fourth-order valence-electron chi connectivity index (χ4n) is 9.07. The first kappa shape index (κ1) is 15.9. The number of rotatable bonds is 1. The molecule has 2 heterocycles. The van der Waals surface area contributed by atoms with Crippen molar-refractivity contribution < 1.29 is 9.53 Å². The third-order valence-electron chi connectivity index (χ3n) is 9.85. The van der Waals surface area contributed by atoms with Crippen LogP contribution in [-0.4, -0.2) is 36.6 Å². The topological polar surface area (TPSA) is 29.5 Å². The largest absolute Gasteiger partial charge is 0.469 e. The third-order valence-corrected chi connectivity index (χ3v) is 9.85. The summed E-state index contributed by atoms with van der Waals surface area (Å²) in [4.78, 5) is 15.6. The van der Waals surface area contributed by atoms with Gasteiger partial charge in [0.05, 0.1) is 13.0 Å². The molecule has 6 atom stereocenters. The second-order valence-corrected chi connectivity index (χ2v) is 10.4. The van der Waals surface area contributed by atoms with Gasteiger partial charge >= 0.3 is 5.97 Å². The average Bonchev–Trinajstić information content (AvgIpc) is 3.29. The summed E-state index contributed by atoms with van der Waals surface area (Å²) in [6.45, 7) is 7.34. The van der Waals surface area contributed by atoms with Crippen LogP contribution in [0.4, 0.5) is 0 Å². The van der Waals surface area contributed by atoms with Crippen LogP contribution in [0.3, 0.4) is 0 Å². The number of carbonyl (C=O) groups excluding carboxylic acids is 1. The number of nitrogens with zero attached hydrogens (tertiary/aromatic N) is 1. The first-order chi connectivity index (χ1) is 12.5. The Hall–Kier alpha value is -1.09. The Balaban J connectivity index is 1.65. The molecule has 2 spiro atoms.